The molecule has 24 heavy (non-hydrogen) atoms. The third-order valence-electron chi connectivity index (χ3n) is 3.98. The zero-order chi connectivity index (χ0) is 17.5. The molecule has 128 valence electrons. The standard InChI is InChI=1S/C17H24N6O/c1-7-11-8-13(24-22-11)10(2)19-14-12-9-18-23(6)15(12)21-16(20-14)17(3,4)5/h8-10H,7H2,1-6H3,(H,19,20,21)/t10-/m0/s1. The van der Waals surface area contributed by atoms with Crippen molar-refractivity contribution in [3.05, 3.63) is 29.5 Å². The molecular weight excluding hydrogens is 304 g/mol. The highest BCUT2D eigenvalue weighted by Gasteiger charge is 2.22. The summed E-state index contributed by atoms with van der Waals surface area (Å²) in [6, 6.07) is 1.92. The molecule has 1 N–H and O–H groups in total. The molecule has 0 saturated heterocycles. The van der Waals surface area contributed by atoms with Gasteiger partial charge in [-0.05, 0) is 13.3 Å². The van der Waals surface area contributed by atoms with E-state index in [4.69, 9.17) is 9.51 Å². The van der Waals surface area contributed by atoms with Crippen molar-refractivity contribution in [2.45, 2.75) is 52.5 Å². The lowest BCUT2D eigenvalue weighted by atomic mass is 9.95. The number of rotatable bonds is 4. The molecule has 0 spiro atoms. The van der Waals surface area contributed by atoms with Gasteiger partial charge in [-0.2, -0.15) is 5.10 Å². The summed E-state index contributed by atoms with van der Waals surface area (Å²) < 4.78 is 7.20. The Hall–Kier alpha value is -2.44. The summed E-state index contributed by atoms with van der Waals surface area (Å²) in [5, 5.41) is 12.7. The van der Waals surface area contributed by atoms with Gasteiger partial charge < -0.3 is 9.84 Å². The second kappa shape index (κ2) is 5.89. The summed E-state index contributed by atoms with van der Waals surface area (Å²) in [5.74, 6) is 2.33. The lowest BCUT2D eigenvalue weighted by Crippen LogP contribution is -2.18. The molecule has 0 aliphatic heterocycles. The monoisotopic (exact) mass is 328 g/mol. The van der Waals surface area contributed by atoms with Crippen LogP contribution in [0, 0.1) is 0 Å². The number of hydrogen-bond donors (Lipinski definition) is 1. The van der Waals surface area contributed by atoms with E-state index >= 15 is 0 Å². The van der Waals surface area contributed by atoms with Gasteiger partial charge in [0, 0.05) is 18.5 Å². The first-order chi connectivity index (χ1) is 11.3. The normalized spacial score (nSPS) is 13.4. The fourth-order valence-corrected chi connectivity index (χ4v) is 2.44. The summed E-state index contributed by atoms with van der Waals surface area (Å²) in [6.07, 6.45) is 2.64. The Labute approximate surface area is 141 Å². The van der Waals surface area contributed by atoms with Gasteiger partial charge in [0.25, 0.3) is 0 Å². The predicted octanol–water partition coefficient (Wildman–Crippen LogP) is 3.38. The highest BCUT2D eigenvalue weighted by Crippen LogP contribution is 2.28. The van der Waals surface area contributed by atoms with Crippen molar-refractivity contribution in [1.82, 2.24) is 24.9 Å². The Morgan fingerprint density at radius 1 is 1.29 bits per heavy atom. The van der Waals surface area contributed by atoms with Crippen LogP contribution in [0.1, 0.15) is 57.9 Å². The van der Waals surface area contributed by atoms with Crippen molar-refractivity contribution >= 4 is 16.9 Å². The second-order valence-corrected chi connectivity index (χ2v) is 7.09. The van der Waals surface area contributed by atoms with E-state index in [2.05, 4.69) is 48.3 Å². The smallest absolute Gasteiger partial charge is 0.163 e. The minimum absolute atomic E-state index is 0.0519. The molecule has 0 radical (unpaired) electrons. The molecule has 3 aromatic rings. The van der Waals surface area contributed by atoms with Crippen LogP contribution in [0.2, 0.25) is 0 Å². The summed E-state index contributed by atoms with van der Waals surface area (Å²) in [4.78, 5) is 9.42. The van der Waals surface area contributed by atoms with Crippen molar-refractivity contribution in [1.29, 1.82) is 0 Å². The molecule has 0 unspecified atom stereocenters. The van der Waals surface area contributed by atoms with Crippen molar-refractivity contribution in [2.24, 2.45) is 7.05 Å². The molecular formula is C17H24N6O. The number of anilines is 1. The molecule has 1 atom stereocenters. The van der Waals surface area contributed by atoms with Crippen LogP contribution in [-0.2, 0) is 18.9 Å². The SMILES string of the molecule is CCc1cc([C@H](C)Nc2nc(C(C)(C)C)nc3c2cnn3C)on1. The zero-order valence-electron chi connectivity index (χ0n) is 15.1. The van der Waals surface area contributed by atoms with Gasteiger partial charge in [-0.25, -0.2) is 9.97 Å². The molecule has 7 nitrogen and oxygen atoms in total. The van der Waals surface area contributed by atoms with Gasteiger partial charge in [0.1, 0.15) is 11.6 Å². The van der Waals surface area contributed by atoms with Gasteiger partial charge in [0.2, 0.25) is 0 Å². The fraction of sp³-hybridized carbons (Fsp3) is 0.529. The minimum Gasteiger partial charge on any atom is -0.360 e. The van der Waals surface area contributed by atoms with E-state index in [-0.39, 0.29) is 11.5 Å². The van der Waals surface area contributed by atoms with Gasteiger partial charge >= 0.3 is 0 Å². The molecule has 3 heterocycles. The molecule has 0 aromatic carbocycles. The Bertz CT molecular complexity index is 858. The van der Waals surface area contributed by atoms with E-state index < -0.39 is 0 Å². The van der Waals surface area contributed by atoms with Crippen LogP contribution in [0.25, 0.3) is 11.0 Å². The van der Waals surface area contributed by atoms with E-state index in [1.807, 2.05) is 20.0 Å². The summed E-state index contributed by atoms with van der Waals surface area (Å²) in [7, 11) is 1.89. The van der Waals surface area contributed by atoms with Crippen LogP contribution < -0.4 is 5.32 Å². The zero-order valence-corrected chi connectivity index (χ0v) is 15.1. The molecule has 0 aliphatic rings. The fourth-order valence-electron chi connectivity index (χ4n) is 2.44. The molecule has 0 amide bonds. The number of aryl methyl sites for hydroxylation is 2. The van der Waals surface area contributed by atoms with Crippen molar-refractivity contribution in [2.75, 3.05) is 5.32 Å². The third kappa shape index (κ3) is 2.98. The quantitative estimate of drug-likeness (QED) is 0.790. The van der Waals surface area contributed by atoms with Crippen LogP contribution in [0.3, 0.4) is 0 Å². The molecule has 3 rings (SSSR count). The Morgan fingerprint density at radius 2 is 2.04 bits per heavy atom. The second-order valence-electron chi connectivity index (χ2n) is 7.09. The lowest BCUT2D eigenvalue weighted by molar-refractivity contribution is 0.368. The average Bonchev–Trinajstić information content (AvgIpc) is 3.14. The average molecular weight is 328 g/mol. The van der Waals surface area contributed by atoms with Gasteiger partial charge in [-0.15, -0.1) is 0 Å². The molecule has 0 aliphatic carbocycles. The highest BCUT2D eigenvalue weighted by molar-refractivity contribution is 5.86. The summed E-state index contributed by atoms with van der Waals surface area (Å²) in [6.45, 7) is 10.4. The highest BCUT2D eigenvalue weighted by atomic mass is 16.5. The van der Waals surface area contributed by atoms with Crippen LogP contribution >= 0.6 is 0 Å². The van der Waals surface area contributed by atoms with Crippen LogP contribution in [0.5, 0.6) is 0 Å². The van der Waals surface area contributed by atoms with Crippen LogP contribution in [0.4, 0.5) is 5.82 Å². The Kier molecular flexibility index (Phi) is 4.03. The Morgan fingerprint density at radius 3 is 2.67 bits per heavy atom. The number of hydrogen-bond acceptors (Lipinski definition) is 6. The maximum absolute atomic E-state index is 5.43. The molecule has 0 bridgehead atoms. The Balaban J connectivity index is 2.01. The maximum atomic E-state index is 5.43. The van der Waals surface area contributed by atoms with E-state index in [9.17, 15) is 0 Å². The number of aromatic nitrogens is 5. The van der Waals surface area contributed by atoms with E-state index in [1.165, 1.54) is 0 Å². The molecule has 0 fully saturated rings. The first kappa shape index (κ1) is 16.4. The number of fused-ring (bicyclic) bond motifs is 1. The van der Waals surface area contributed by atoms with E-state index in [0.29, 0.717) is 0 Å². The molecule has 3 aromatic heterocycles. The van der Waals surface area contributed by atoms with Gasteiger partial charge in [0.15, 0.2) is 11.4 Å². The first-order valence-electron chi connectivity index (χ1n) is 8.22. The summed E-state index contributed by atoms with van der Waals surface area (Å²) >= 11 is 0. The third-order valence-corrected chi connectivity index (χ3v) is 3.98. The maximum Gasteiger partial charge on any atom is 0.163 e. The van der Waals surface area contributed by atoms with Gasteiger partial charge in [-0.1, -0.05) is 32.9 Å². The lowest BCUT2D eigenvalue weighted by Gasteiger charge is -2.19. The van der Waals surface area contributed by atoms with Crippen molar-refractivity contribution in [3.63, 3.8) is 0 Å². The number of nitrogens with one attached hydrogen (secondary N) is 1. The summed E-state index contributed by atoms with van der Waals surface area (Å²) in [5.41, 5.74) is 1.61. The van der Waals surface area contributed by atoms with Crippen molar-refractivity contribution in [3.8, 4) is 0 Å². The predicted molar refractivity (Wildman–Crippen MR) is 92.9 cm³/mol. The number of nitrogens with zero attached hydrogens (tertiary/aromatic N) is 5. The van der Waals surface area contributed by atoms with Gasteiger partial charge in [0.05, 0.1) is 23.3 Å². The van der Waals surface area contributed by atoms with Crippen LogP contribution in [-0.4, -0.2) is 24.9 Å². The molecule has 7 heteroatoms. The van der Waals surface area contributed by atoms with E-state index in [1.54, 1.807) is 10.9 Å². The van der Waals surface area contributed by atoms with Crippen molar-refractivity contribution < 1.29 is 4.52 Å². The van der Waals surface area contributed by atoms with Crippen LogP contribution in [0.15, 0.2) is 16.8 Å². The largest absolute Gasteiger partial charge is 0.360 e. The minimum atomic E-state index is -0.153. The first-order valence-corrected chi connectivity index (χ1v) is 8.22. The topological polar surface area (TPSA) is 81.7 Å². The van der Waals surface area contributed by atoms with E-state index in [0.717, 1.165) is 40.6 Å². The van der Waals surface area contributed by atoms with Gasteiger partial charge in [-0.3, -0.25) is 4.68 Å². The molecule has 0 saturated carbocycles.